The highest BCUT2D eigenvalue weighted by Crippen LogP contribution is 2.18. The first-order valence-corrected chi connectivity index (χ1v) is 7.06. The average molecular weight is 303 g/mol. The van der Waals surface area contributed by atoms with E-state index in [1.54, 1.807) is 12.4 Å². The van der Waals surface area contributed by atoms with E-state index in [-0.39, 0.29) is 11.4 Å². The van der Waals surface area contributed by atoms with Gasteiger partial charge in [0.05, 0.1) is 23.8 Å². The average Bonchev–Trinajstić information content (AvgIpc) is 2.75. The summed E-state index contributed by atoms with van der Waals surface area (Å²) in [5.74, 6) is 1.44. The molecule has 2 aromatic heterocycles. The van der Waals surface area contributed by atoms with Gasteiger partial charge in [-0.25, -0.2) is 14.8 Å². The van der Waals surface area contributed by atoms with Gasteiger partial charge in [-0.05, 0) is 13.8 Å². The zero-order valence-electron chi connectivity index (χ0n) is 13.5. The van der Waals surface area contributed by atoms with Crippen LogP contribution in [0.25, 0.3) is 0 Å². The highest BCUT2D eigenvalue weighted by Gasteiger charge is 2.17. The summed E-state index contributed by atoms with van der Waals surface area (Å²) in [6, 6.07) is -0.327. The van der Waals surface area contributed by atoms with Gasteiger partial charge in [0.15, 0.2) is 0 Å². The van der Waals surface area contributed by atoms with Crippen molar-refractivity contribution >= 4 is 11.7 Å². The van der Waals surface area contributed by atoms with Crippen LogP contribution in [-0.2, 0) is 12.0 Å². The van der Waals surface area contributed by atoms with Gasteiger partial charge in [-0.3, -0.25) is 0 Å². The normalized spacial score (nSPS) is 11.3. The van der Waals surface area contributed by atoms with E-state index in [1.807, 2.05) is 34.6 Å². The van der Waals surface area contributed by atoms with Crippen molar-refractivity contribution < 1.29 is 9.32 Å². The van der Waals surface area contributed by atoms with Crippen LogP contribution in [0, 0.1) is 13.8 Å². The van der Waals surface area contributed by atoms with E-state index in [2.05, 4.69) is 25.8 Å². The molecule has 0 aliphatic rings. The molecule has 118 valence electrons. The lowest BCUT2D eigenvalue weighted by molar-refractivity contribution is 0.251. The van der Waals surface area contributed by atoms with Gasteiger partial charge in [0.25, 0.3) is 0 Å². The molecule has 22 heavy (non-hydrogen) atoms. The van der Waals surface area contributed by atoms with Crippen LogP contribution in [0.1, 0.15) is 43.6 Å². The van der Waals surface area contributed by atoms with Crippen LogP contribution < -0.4 is 10.6 Å². The third-order valence-corrected chi connectivity index (χ3v) is 3.19. The van der Waals surface area contributed by atoms with Crippen molar-refractivity contribution in [1.29, 1.82) is 0 Å². The van der Waals surface area contributed by atoms with E-state index in [0.29, 0.717) is 18.0 Å². The Bertz CT molecular complexity index is 636. The number of nitrogens with zero attached hydrogens (tertiary/aromatic N) is 3. The lowest BCUT2D eigenvalue weighted by Crippen LogP contribution is -2.28. The summed E-state index contributed by atoms with van der Waals surface area (Å²) in [6.45, 7) is 10.1. The Morgan fingerprint density at radius 3 is 2.36 bits per heavy atom. The topological polar surface area (TPSA) is 92.9 Å². The number of carbonyl (C=O) groups is 1. The van der Waals surface area contributed by atoms with Crippen molar-refractivity contribution in [2.45, 2.75) is 46.6 Å². The number of aryl methyl sites for hydroxylation is 2. The fourth-order valence-electron chi connectivity index (χ4n) is 1.88. The number of amides is 2. The summed E-state index contributed by atoms with van der Waals surface area (Å²) < 4.78 is 5.05. The molecule has 0 radical (unpaired) electrons. The SMILES string of the molecule is Cc1noc(C)c1CNC(=O)Nc1cnc(C(C)(C)C)nc1. The predicted molar refractivity (Wildman–Crippen MR) is 82.6 cm³/mol. The summed E-state index contributed by atoms with van der Waals surface area (Å²) in [5, 5.41) is 9.29. The molecule has 2 heterocycles. The predicted octanol–water partition coefficient (Wildman–Crippen LogP) is 2.70. The molecule has 2 amide bonds. The minimum absolute atomic E-state index is 0.121. The third kappa shape index (κ3) is 3.81. The van der Waals surface area contributed by atoms with Crippen molar-refractivity contribution in [1.82, 2.24) is 20.4 Å². The summed E-state index contributed by atoms with van der Waals surface area (Å²) in [5.41, 5.74) is 2.08. The Morgan fingerprint density at radius 1 is 1.23 bits per heavy atom. The molecule has 0 aromatic carbocycles. The molecule has 0 atom stereocenters. The molecular weight excluding hydrogens is 282 g/mol. The molecule has 2 aromatic rings. The maximum Gasteiger partial charge on any atom is 0.319 e. The number of aromatic nitrogens is 3. The fourth-order valence-corrected chi connectivity index (χ4v) is 1.88. The lowest BCUT2D eigenvalue weighted by atomic mass is 9.96. The summed E-state index contributed by atoms with van der Waals surface area (Å²) in [6.07, 6.45) is 3.20. The van der Waals surface area contributed by atoms with E-state index >= 15 is 0 Å². The fraction of sp³-hybridized carbons (Fsp3) is 0.467. The highest BCUT2D eigenvalue weighted by molar-refractivity contribution is 5.88. The summed E-state index contributed by atoms with van der Waals surface area (Å²) >= 11 is 0. The van der Waals surface area contributed by atoms with Crippen LogP contribution in [-0.4, -0.2) is 21.2 Å². The second kappa shape index (κ2) is 6.13. The van der Waals surface area contributed by atoms with E-state index in [1.165, 1.54) is 0 Å². The highest BCUT2D eigenvalue weighted by atomic mass is 16.5. The van der Waals surface area contributed by atoms with Crippen molar-refractivity contribution in [3.8, 4) is 0 Å². The number of rotatable bonds is 3. The molecule has 0 unspecified atom stereocenters. The first kappa shape index (κ1) is 15.9. The number of nitrogens with one attached hydrogen (secondary N) is 2. The third-order valence-electron chi connectivity index (χ3n) is 3.19. The number of carbonyl (C=O) groups excluding carboxylic acids is 1. The molecule has 7 heteroatoms. The van der Waals surface area contributed by atoms with Crippen LogP contribution in [0.5, 0.6) is 0 Å². The monoisotopic (exact) mass is 303 g/mol. The summed E-state index contributed by atoms with van der Waals surface area (Å²) in [7, 11) is 0. The van der Waals surface area contributed by atoms with Gasteiger partial charge in [-0.1, -0.05) is 25.9 Å². The lowest BCUT2D eigenvalue weighted by Gasteiger charge is -2.16. The minimum Gasteiger partial charge on any atom is -0.361 e. The standard InChI is InChI=1S/C15H21N5O2/c1-9-12(10(2)22-20-9)8-18-14(21)19-11-6-16-13(17-7-11)15(3,4)5/h6-7H,8H2,1-5H3,(H2,18,19,21). The van der Waals surface area contributed by atoms with Gasteiger partial charge in [0.2, 0.25) is 0 Å². The molecule has 0 saturated heterocycles. The van der Waals surface area contributed by atoms with Gasteiger partial charge in [-0.15, -0.1) is 0 Å². The molecule has 0 aliphatic heterocycles. The molecule has 2 N–H and O–H groups in total. The molecule has 0 aliphatic carbocycles. The first-order valence-electron chi connectivity index (χ1n) is 7.06. The van der Waals surface area contributed by atoms with Gasteiger partial charge in [-0.2, -0.15) is 0 Å². The van der Waals surface area contributed by atoms with Crippen molar-refractivity contribution in [3.05, 3.63) is 35.2 Å². The molecule has 0 spiro atoms. The van der Waals surface area contributed by atoms with Crippen LogP contribution >= 0.6 is 0 Å². The Hall–Kier alpha value is -2.44. The van der Waals surface area contributed by atoms with Gasteiger partial charge >= 0.3 is 6.03 Å². The van der Waals surface area contributed by atoms with E-state index in [4.69, 9.17) is 4.52 Å². The molecule has 0 saturated carbocycles. The van der Waals surface area contributed by atoms with E-state index < -0.39 is 0 Å². The largest absolute Gasteiger partial charge is 0.361 e. The maximum atomic E-state index is 11.9. The molecule has 0 bridgehead atoms. The molecular formula is C15H21N5O2. The number of anilines is 1. The zero-order chi connectivity index (χ0) is 16.3. The second-order valence-electron chi connectivity index (χ2n) is 6.16. The van der Waals surface area contributed by atoms with Gasteiger partial charge in [0.1, 0.15) is 11.6 Å². The number of urea groups is 1. The van der Waals surface area contributed by atoms with Crippen LogP contribution in [0.15, 0.2) is 16.9 Å². The van der Waals surface area contributed by atoms with Crippen LogP contribution in [0.4, 0.5) is 10.5 Å². The zero-order valence-corrected chi connectivity index (χ0v) is 13.5. The minimum atomic E-state index is -0.327. The second-order valence-corrected chi connectivity index (χ2v) is 6.16. The number of hydrogen-bond acceptors (Lipinski definition) is 5. The van der Waals surface area contributed by atoms with Crippen molar-refractivity contribution in [2.24, 2.45) is 0 Å². The molecule has 0 fully saturated rings. The smallest absolute Gasteiger partial charge is 0.319 e. The van der Waals surface area contributed by atoms with Crippen LogP contribution in [0.2, 0.25) is 0 Å². The van der Waals surface area contributed by atoms with E-state index in [0.717, 1.165) is 17.1 Å². The summed E-state index contributed by atoms with van der Waals surface area (Å²) in [4.78, 5) is 20.4. The van der Waals surface area contributed by atoms with Crippen LogP contribution in [0.3, 0.4) is 0 Å². The Morgan fingerprint density at radius 2 is 1.86 bits per heavy atom. The Labute approximate surface area is 129 Å². The van der Waals surface area contributed by atoms with Gasteiger partial charge < -0.3 is 15.2 Å². The number of hydrogen-bond donors (Lipinski definition) is 2. The first-order chi connectivity index (χ1) is 10.3. The Balaban J connectivity index is 1.92. The maximum absolute atomic E-state index is 11.9. The van der Waals surface area contributed by atoms with Crippen molar-refractivity contribution in [3.63, 3.8) is 0 Å². The quantitative estimate of drug-likeness (QED) is 0.909. The Kier molecular flexibility index (Phi) is 4.44. The van der Waals surface area contributed by atoms with E-state index in [9.17, 15) is 4.79 Å². The molecule has 7 nitrogen and oxygen atoms in total. The molecule has 2 rings (SSSR count). The van der Waals surface area contributed by atoms with Gasteiger partial charge in [0, 0.05) is 17.5 Å². The van der Waals surface area contributed by atoms with Crippen molar-refractivity contribution in [2.75, 3.05) is 5.32 Å².